The molecule has 0 saturated heterocycles. The third kappa shape index (κ3) is 4.20. The molecule has 0 unspecified atom stereocenters. The predicted octanol–water partition coefficient (Wildman–Crippen LogP) is 3.78. The van der Waals surface area contributed by atoms with Crippen LogP contribution in [0, 0.1) is 0 Å². The fraction of sp³-hybridized carbons (Fsp3) is 0.632. The first kappa shape index (κ1) is 18.1. The molecule has 2 aliphatic carbocycles. The molecule has 2 aliphatic rings. The molecule has 0 aliphatic heterocycles. The van der Waals surface area contributed by atoms with Crippen molar-refractivity contribution in [1.29, 1.82) is 0 Å². The van der Waals surface area contributed by atoms with Crippen molar-refractivity contribution in [2.75, 3.05) is 5.32 Å². The third-order valence-corrected chi connectivity index (χ3v) is 5.62. The minimum absolute atomic E-state index is 0.180. The van der Waals surface area contributed by atoms with Gasteiger partial charge in [-0.2, -0.15) is 5.10 Å². The number of nitrogens with zero attached hydrogens (tertiary/aromatic N) is 3. The van der Waals surface area contributed by atoms with Gasteiger partial charge in [-0.25, -0.2) is 18.3 Å². The SMILES string of the molecule is O=C(NC1CCC(F)(F)CC1)c1cnn2ccc(NC3CCCCC3)nc12. The molecule has 0 atom stereocenters. The quantitative estimate of drug-likeness (QED) is 0.851. The third-order valence-electron chi connectivity index (χ3n) is 5.62. The molecule has 0 radical (unpaired) electrons. The fourth-order valence-electron chi connectivity index (χ4n) is 4.01. The first-order valence-corrected chi connectivity index (χ1v) is 9.80. The monoisotopic (exact) mass is 377 g/mol. The number of anilines is 1. The van der Waals surface area contributed by atoms with Gasteiger partial charge in [0.05, 0.1) is 6.20 Å². The molecule has 2 saturated carbocycles. The van der Waals surface area contributed by atoms with Crippen molar-refractivity contribution in [3.8, 4) is 0 Å². The Balaban J connectivity index is 1.46. The average molecular weight is 377 g/mol. The summed E-state index contributed by atoms with van der Waals surface area (Å²) in [6.45, 7) is 0. The Morgan fingerprint density at radius 3 is 2.59 bits per heavy atom. The maximum absolute atomic E-state index is 13.3. The summed E-state index contributed by atoms with van der Waals surface area (Å²) in [6.07, 6.45) is 9.48. The lowest BCUT2D eigenvalue weighted by Gasteiger charge is -2.28. The van der Waals surface area contributed by atoms with Crippen molar-refractivity contribution < 1.29 is 13.6 Å². The number of hydrogen-bond acceptors (Lipinski definition) is 4. The van der Waals surface area contributed by atoms with E-state index in [1.54, 1.807) is 10.7 Å². The summed E-state index contributed by atoms with van der Waals surface area (Å²) in [7, 11) is 0. The van der Waals surface area contributed by atoms with Crippen LogP contribution in [0.5, 0.6) is 0 Å². The van der Waals surface area contributed by atoms with Gasteiger partial charge in [0.1, 0.15) is 11.4 Å². The summed E-state index contributed by atoms with van der Waals surface area (Å²) < 4.78 is 28.1. The number of alkyl halides is 2. The number of nitrogens with one attached hydrogen (secondary N) is 2. The number of halogens is 2. The van der Waals surface area contributed by atoms with Gasteiger partial charge in [-0.15, -0.1) is 0 Å². The van der Waals surface area contributed by atoms with Crippen LogP contribution in [0.3, 0.4) is 0 Å². The van der Waals surface area contributed by atoms with Gasteiger partial charge >= 0.3 is 0 Å². The predicted molar refractivity (Wildman–Crippen MR) is 98.2 cm³/mol. The topological polar surface area (TPSA) is 71.3 Å². The van der Waals surface area contributed by atoms with E-state index < -0.39 is 5.92 Å². The Morgan fingerprint density at radius 1 is 1.11 bits per heavy atom. The van der Waals surface area contributed by atoms with Gasteiger partial charge < -0.3 is 10.6 Å². The Kier molecular flexibility index (Phi) is 4.97. The van der Waals surface area contributed by atoms with Gasteiger partial charge in [0.15, 0.2) is 5.65 Å². The second-order valence-corrected chi connectivity index (χ2v) is 7.72. The van der Waals surface area contributed by atoms with E-state index in [-0.39, 0.29) is 24.8 Å². The number of carbonyl (C=O) groups excluding carboxylic acids is 1. The van der Waals surface area contributed by atoms with Crippen LogP contribution in [-0.4, -0.2) is 38.5 Å². The molecule has 8 heteroatoms. The summed E-state index contributed by atoms with van der Waals surface area (Å²) >= 11 is 0. The number of hydrogen-bond donors (Lipinski definition) is 2. The largest absolute Gasteiger partial charge is 0.367 e. The molecule has 2 fully saturated rings. The first-order valence-electron chi connectivity index (χ1n) is 9.80. The number of rotatable bonds is 4. The van der Waals surface area contributed by atoms with E-state index in [9.17, 15) is 13.6 Å². The van der Waals surface area contributed by atoms with Crippen molar-refractivity contribution in [2.24, 2.45) is 0 Å². The summed E-state index contributed by atoms with van der Waals surface area (Å²) in [5, 5.41) is 10.5. The van der Waals surface area contributed by atoms with Gasteiger partial charge in [-0.05, 0) is 31.7 Å². The summed E-state index contributed by atoms with van der Waals surface area (Å²) in [6, 6.07) is 2.05. The van der Waals surface area contributed by atoms with E-state index in [1.165, 1.54) is 25.5 Å². The molecule has 146 valence electrons. The molecule has 0 aromatic carbocycles. The number of aromatic nitrogens is 3. The van der Waals surface area contributed by atoms with Gasteiger partial charge in [-0.3, -0.25) is 4.79 Å². The molecule has 27 heavy (non-hydrogen) atoms. The highest BCUT2D eigenvalue weighted by molar-refractivity contribution is 5.99. The van der Waals surface area contributed by atoms with Crippen molar-refractivity contribution in [1.82, 2.24) is 19.9 Å². The van der Waals surface area contributed by atoms with Crippen LogP contribution in [0.2, 0.25) is 0 Å². The van der Waals surface area contributed by atoms with Gasteiger partial charge in [0.2, 0.25) is 5.92 Å². The minimum atomic E-state index is -2.60. The Labute approximate surface area is 156 Å². The maximum atomic E-state index is 13.3. The summed E-state index contributed by atoms with van der Waals surface area (Å²) in [5.74, 6) is -2.17. The second kappa shape index (κ2) is 7.40. The van der Waals surface area contributed by atoms with Crippen LogP contribution < -0.4 is 10.6 Å². The molecule has 2 aromatic heterocycles. The Bertz CT molecular complexity index is 806. The van der Waals surface area contributed by atoms with Crippen molar-refractivity contribution in [3.05, 3.63) is 24.0 Å². The molecule has 1 amide bonds. The Morgan fingerprint density at radius 2 is 1.85 bits per heavy atom. The normalized spacial score (nSPS) is 21.3. The number of carbonyl (C=O) groups is 1. The summed E-state index contributed by atoms with van der Waals surface area (Å²) in [5.41, 5.74) is 0.856. The average Bonchev–Trinajstić information content (AvgIpc) is 3.08. The van der Waals surface area contributed by atoms with E-state index in [0.717, 1.165) is 18.7 Å². The van der Waals surface area contributed by atoms with Crippen molar-refractivity contribution in [3.63, 3.8) is 0 Å². The van der Waals surface area contributed by atoms with Crippen molar-refractivity contribution >= 4 is 17.4 Å². The molecule has 0 bridgehead atoms. The number of amides is 1. The molecule has 0 spiro atoms. The van der Waals surface area contributed by atoms with Crippen LogP contribution in [0.15, 0.2) is 18.5 Å². The van der Waals surface area contributed by atoms with Crippen LogP contribution in [0.1, 0.15) is 68.1 Å². The standard InChI is InChI=1S/C19H25F2N5O/c20-19(21)9-6-14(7-10-19)24-18(27)15-12-22-26-11-8-16(25-17(15)26)23-13-4-2-1-3-5-13/h8,11-14H,1-7,9-10H2,(H,23,25)(H,24,27). The van der Waals surface area contributed by atoms with E-state index >= 15 is 0 Å². The zero-order valence-electron chi connectivity index (χ0n) is 15.3. The molecule has 2 aromatic rings. The van der Waals surface area contributed by atoms with E-state index in [4.69, 9.17) is 0 Å². The van der Waals surface area contributed by atoms with Crippen LogP contribution in [-0.2, 0) is 0 Å². The molecule has 2 N–H and O–H groups in total. The first-order chi connectivity index (χ1) is 13.0. The molecular weight excluding hydrogens is 352 g/mol. The lowest BCUT2D eigenvalue weighted by Crippen LogP contribution is -2.40. The van der Waals surface area contributed by atoms with Crippen molar-refractivity contribution in [2.45, 2.75) is 75.8 Å². The van der Waals surface area contributed by atoms with Gasteiger partial charge in [0.25, 0.3) is 5.91 Å². The fourth-order valence-corrected chi connectivity index (χ4v) is 4.01. The van der Waals surface area contributed by atoms with Crippen LogP contribution in [0.4, 0.5) is 14.6 Å². The molecule has 2 heterocycles. The smallest absolute Gasteiger partial charge is 0.256 e. The Hall–Kier alpha value is -2.25. The van der Waals surface area contributed by atoms with E-state index in [2.05, 4.69) is 20.7 Å². The highest BCUT2D eigenvalue weighted by Gasteiger charge is 2.35. The lowest BCUT2D eigenvalue weighted by molar-refractivity contribution is -0.0399. The second-order valence-electron chi connectivity index (χ2n) is 7.72. The zero-order chi connectivity index (χ0) is 18.9. The van der Waals surface area contributed by atoms with E-state index in [1.807, 2.05) is 6.07 Å². The molecule has 4 rings (SSSR count). The van der Waals surface area contributed by atoms with Gasteiger partial charge in [-0.1, -0.05) is 19.3 Å². The number of fused-ring (bicyclic) bond motifs is 1. The lowest BCUT2D eigenvalue weighted by atomic mass is 9.92. The van der Waals surface area contributed by atoms with E-state index in [0.29, 0.717) is 30.1 Å². The van der Waals surface area contributed by atoms with Gasteiger partial charge in [0, 0.05) is 31.1 Å². The minimum Gasteiger partial charge on any atom is -0.367 e. The summed E-state index contributed by atoms with van der Waals surface area (Å²) in [4.78, 5) is 17.2. The van der Waals surface area contributed by atoms with Crippen LogP contribution in [0.25, 0.3) is 5.65 Å². The highest BCUT2D eigenvalue weighted by atomic mass is 19.3. The molecular formula is C19H25F2N5O. The maximum Gasteiger partial charge on any atom is 0.256 e. The zero-order valence-corrected chi connectivity index (χ0v) is 15.3. The highest BCUT2D eigenvalue weighted by Crippen LogP contribution is 2.33. The van der Waals surface area contributed by atoms with Crippen LogP contribution >= 0.6 is 0 Å². The molecule has 6 nitrogen and oxygen atoms in total.